The third-order valence-corrected chi connectivity index (χ3v) is 3.06. The Morgan fingerprint density at radius 1 is 1.37 bits per heavy atom. The van der Waals surface area contributed by atoms with Crippen LogP contribution in [-0.2, 0) is 5.54 Å². The first-order chi connectivity index (χ1) is 8.82. The summed E-state index contributed by atoms with van der Waals surface area (Å²) < 4.78 is 14.8. The number of aromatic nitrogens is 2. The van der Waals surface area contributed by atoms with E-state index in [-0.39, 0.29) is 10.6 Å². The summed E-state index contributed by atoms with van der Waals surface area (Å²) in [5, 5.41) is 4.63. The number of hydrogen-bond acceptors (Lipinski definition) is 2. The standard InChI is InChI=1S/C14H14ClFN2O/c1-14(2,3)18-7-9(8-19)13(17-18)11-5-4-10(16)6-12(11)15/h4-8H,1-3H3. The van der Waals surface area contributed by atoms with E-state index in [0.29, 0.717) is 16.8 Å². The number of halogens is 2. The second-order valence-corrected chi connectivity index (χ2v) is 5.70. The summed E-state index contributed by atoms with van der Waals surface area (Å²) in [6, 6.07) is 4.04. The molecule has 5 heteroatoms. The van der Waals surface area contributed by atoms with Crippen molar-refractivity contribution in [1.82, 2.24) is 9.78 Å². The first-order valence-corrected chi connectivity index (χ1v) is 6.21. The molecule has 3 nitrogen and oxygen atoms in total. The number of carbonyl (C=O) groups excluding carboxylic acids is 1. The Balaban J connectivity index is 2.61. The molecule has 0 spiro atoms. The van der Waals surface area contributed by atoms with Crippen molar-refractivity contribution >= 4 is 17.9 Å². The van der Waals surface area contributed by atoms with Gasteiger partial charge in [-0.1, -0.05) is 11.6 Å². The summed E-state index contributed by atoms with van der Waals surface area (Å²) in [5.74, 6) is -0.420. The molecule has 0 saturated heterocycles. The normalized spacial score (nSPS) is 11.6. The number of benzene rings is 1. The Kier molecular flexibility index (Phi) is 3.45. The summed E-state index contributed by atoms with van der Waals surface area (Å²) in [6.45, 7) is 5.93. The number of aldehydes is 1. The Bertz CT molecular complexity index is 629. The van der Waals surface area contributed by atoms with Crippen molar-refractivity contribution in [1.29, 1.82) is 0 Å². The first-order valence-electron chi connectivity index (χ1n) is 5.83. The van der Waals surface area contributed by atoms with E-state index in [1.165, 1.54) is 18.2 Å². The molecule has 1 aromatic carbocycles. The fourth-order valence-corrected chi connectivity index (χ4v) is 1.96. The van der Waals surface area contributed by atoms with Crippen LogP contribution in [0.3, 0.4) is 0 Å². The number of rotatable bonds is 2. The second-order valence-electron chi connectivity index (χ2n) is 5.29. The maximum absolute atomic E-state index is 13.1. The SMILES string of the molecule is CC(C)(C)n1cc(C=O)c(-c2ccc(F)cc2Cl)n1. The van der Waals surface area contributed by atoms with Crippen LogP contribution in [0.1, 0.15) is 31.1 Å². The number of carbonyl (C=O) groups is 1. The molecule has 0 saturated carbocycles. The molecule has 0 aliphatic carbocycles. The third-order valence-electron chi connectivity index (χ3n) is 2.74. The van der Waals surface area contributed by atoms with Crippen LogP contribution in [0, 0.1) is 5.82 Å². The van der Waals surface area contributed by atoms with Crippen molar-refractivity contribution in [3.8, 4) is 11.3 Å². The van der Waals surface area contributed by atoms with E-state index in [9.17, 15) is 9.18 Å². The molecule has 0 bridgehead atoms. The van der Waals surface area contributed by atoms with Gasteiger partial charge in [-0.2, -0.15) is 5.10 Å². The molecule has 0 aliphatic heterocycles. The Hall–Kier alpha value is -1.68. The van der Waals surface area contributed by atoms with Crippen molar-refractivity contribution in [2.45, 2.75) is 26.3 Å². The number of nitrogens with zero attached hydrogens (tertiary/aromatic N) is 2. The third kappa shape index (κ3) is 2.68. The molecule has 100 valence electrons. The van der Waals surface area contributed by atoms with Crippen LogP contribution in [-0.4, -0.2) is 16.1 Å². The monoisotopic (exact) mass is 280 g/mol. The largest absolute Gasteiger partial charge is 0.298 e. The highest BCUT2D eigenvalue weighted by Crippen LogP contribution is 2.30. The maximum atomic E-state index is 13.1. The van der Waals surface area contributed by atoms with E-state index in [4.69, 9.17) is 11.6 Å². The molecule has 1 aromatic heterocycles. The molecule has 2 aromatic rings. The van der Waals surface area contributed by atoms with Gasteiger partial charge < -0.3 is 0 Å². The van der Waals surface area contributed by atoms with Crippen LogP contribution in [0.5, 0.6) is 0 Å². The summed E-state index contributed by atoms with van der Waals surface area (Å²) in [7, 11) is 0. The zero-order chi connectivity index (χ0) is 14.2. The quantitative estimate of drug-likeness (QED) is 0.782. The van der Waals surface area contributed by atoms with Crippen LogP contribution >= 0.6 is 11.6 Å². The van der Waals surface area contributed by atoms with Crippen molar-refractivity contribution < 1.29 is 9.18 Å². The van der Waals surface area contributed by atoms with Crippen molar-refractivity contribution in [2.75, 3.05) is 0 Å². The van der Waals surface area contributed by atoms with Crippen LogP contribution in [0.2, 0.25) is 5.02 Å². The molecule has 0 amide bonds. The van der Waals surface area contributed by atoms with E-state index in [0.717, 1.165) is 6.29 Å². The Morgan fingerprint density at radius 2 is 2.05 bits per heavy atom. The van der Waals surface area contributed by atoms with E-state index in [2.05, 4.69) is 5.10 Å². The van der Waals surface area contributed by atoms with Crippen molar-refractivity contribution in [3.63, 3.8) is 0 Å². The predicted octanol–water partition coefficient (Wildman–Crippen LogP) is 3.91. The summed E-state index contributed by atoms with van der Waals surface area (Å²) in [5.41, 5.74) is 1.20. The molecule has 0 unspecified atom stereocenters. The van der Waals surface area contributed by atoms with E-state index in [1.807, 2.05) is 20.8 Å². The van der Waals surface area contributed by atoms with Crippen LogP contribution < -0.4 is 0 Å². The minimum atomic E-state index is -0.420. The van der Waals surface area contributed by atoms with Gasteiger partial charge in [0.1, 0.15) is 11.5 Å². The topological polar surface area (TPSA) is 34.9 Å². The van der Waals surface area contributed by atoms with E-state index in [1.54, 1.807) is 10.9 Å². The summed E-state index contributed by atoms with van der Waals surface area (Å²) in [6.07, 6.45) is 2.40. The fourth-order valence-electron chi connectivity index (χ4n) is 1.71. The highest BCUT2D eigenvalue weighted by Gasteiger charge is 2.20. The van der Waals surface area contributed by atoms with Gasteiger partial charge in [0.05, 0.1) is 16.1 Å². The molecule has 1 heterocycles. The first kappa shape index (κ1) is 13.7. The summed E-state index contributed by atoms with van der Waals surface area (Å²) >= 11 is 6.01. The van der Waals surface area contributed by atoms with Crippen molar-refractivity contribution in [2.24, 2.45) is 0 Å². The average Bonchev–Trinajstić information content (AvgIpc) is 2.72. The molecule has 0 aliphatic rings. The Labute approximate surface area is 116 Å². The van der Waals surface area contributed by atoms with Gasteiger partial charge in [0.15, 0.2) is 6.29 Å². The summed E-state index contributed by atoms with van der Waals surface area (Å²) in [4.78, 5) is 11.1. The number of hydrogen-bond donors (Lipinski definition) is 0. The smallest absolute Gasteiger partial charge is 0.153 e. The van der Waals surface area contributed by atoms with Crippen molar-refractivity contribution in [3.05, 3.63) is 40.8 Å². The van der Waals surface area contributed by atoms with Gasteiger partial charge in [-0.3, -0.25) is 9.48 Å². The average molecular weight is 281 g/mol. The lowest BCUT2D eigenvalue weighted by molar-refractivity contribution is 0.112. The zero-order valence-corrected chi connectivity index (χ0v) is 11.7. The predicted molar refractivity (Wildman–Crippen MR) is 73.0 cm³/mol. The van der Waals surface area contributed by atoms with Gasteiger partial charge in [0.25, 0.3) is 0 Å². The molecule has 0 radical (unpaired) electrons. The second kappa shape index (κ2) is 4.78. The molecule has 0 N–H and O–H groups in total. The molecule has 2 rings (SSSR count). The van der Waals surface area contributed by atoms with Gasteiger partial charge >= 0.3 is 0 Å². The van der Waals surface area contributed by atoms with Gasteiger partial charge in [-0.25, -0.2) is 4.39 Å². The molecule has 0 fully saturated rings. The molecular formula is C14H14ClFN2O. The lowest BCUT2D eigenvalue weighted by atomic mass is 10.1. The lowest BCUT2D eigenvalue weighted by Gasteiger charge is -2.18. The molecular weight excluding hydrogens is 267 g/mol. The van der Waals surface area contributed by atoms with Crippen LogP contribution in [0.15, 0.2) is 24.4 Å². The highest BCUT2D eigenvalue weighted by molar-refractivity contribution is 6.33. The van der Waals surface area contributed by atoms with Gasteiger partial charge in [-0.15, -0.1) is 0 Å². The zero-order valence-electron chi connectivity index (χ0n) is 10.9. The van der Waals surface area contributed by atoms with E-state index >= 15 is 0 Å². The van der Waals surface area contributed by atoms with Gasteiger partial charge in [0.2, 0.25) is 0 Å². The highest BCUT2D eigenvalue weighted by atomic mass is 35.5. The minimum Gasteiger partial charge on any atom is -0.298 e. The maximum Gasteiger partial charge on any atom is 0.153 e. The lowest BCUT2D eigenvalue weighted by Crippen LogP contribution is -2.22. The van der Waals surface area contributed by atoms with Gasteiger partial charge in [-0.05, 0) is 39.0 Å². The Morgan fingerprint density at radius 3 is 2.58 bits per heavy atom. The fraction of sp³-hybridized carbons (Fsp3) is 0.286. The van der Waals surface area contributed by atoms with Gasteiger partial charge in [0, 0.05) is 11.8 Å². The van der Waals surface area contributed by atoms with Crippen LogP contribution in [0.4, 0.5) is 4.39 Å². The molecule has 19 heavy (non-hydrogen) atoms. The molecule has 0 atom stereocenters. The minimum absolute atomic E-state index is 0.238. The van der Waals surface area contributed by atoms with Crippen LogP contribution in [0.25, 0.3) is 11.3 Å². The van der Waals surface area contributed by atoms with E-state index < -0.39 is 5.82 Å².